The van der Waals surface area contributed by atoms with Crippen LogP contribution >= 0.6 is 0 Å². The number of rotatable bonds is 13. The van der Waals surface area contributed by atoms with Gasteiger partial charge in [0.15, 0.2) is 0 Å². The van der Waals surface area contributed by atoms with Crippen molar-refractivity contribution in [1.29, 1.82) is 0 Å². The maximum Gasteiger partial charge on any atom is 0.140 e. The number of unbranched alkanes of at least 4 members (excludes halogenated alkanes) is 3. The Morgan fingerprint density at radius 2 is 1.50 bits per heavy atom. The van der Waals surface area contributed by atoms with Crippen LogP contribution in [0.1, 0.15) is 143 Å². The molecule has 2 heterocycles. The number of nitrogens with zero attached hydrogens (tertiary/aromatic N) is 3. The molecule has 0 saturated carbocycles. The van der Waals surface area contributed by atoms with E-state index in [1.807, 2.05) is 19.3 Å². The van der Waals surface area contributed by atoms with Gasteiger partial charge in [0, 0.05) is 56.3 Å². The number of benzene rings is 1. The summed E-state index contributed by atoms with van der Waals surface area (Å²) in [6.45, 7) is 22.1. The molecule has 0 saturated heterocycles. The van der Waals surface area contributed by atoms with Crippen LogP contribution < -0.4 is 4.90 Å². The number of aliphatic hydroxyl groups is 1. The van der Waals surface area contributed by atoms with Crippen LogP contribution in [0, 0.1) is 0 Å². The van der Waals surface area contributed by atoms with Crippen molar-refractivity contribution in [2.24, 2.45) is 7.05 Å². The van der Waals surface area contributed by atoms with Crippen LogP contribution in [0.25, 0.3) is 16.6 Å². The summed E-state index contributed by atoms with van der Waals surface area (Å²) in [5.74, 6) is 0. The van der Waals surface area contributed by atoms with Gasteiger partial charge in [-0.3, -0.25) is 0 Å². The topological polar surface area (TPSA) is 41.3 Å². The smallest absolute Gasteiger partial charge is 0.140 e. The van der Waals surface area contributed by atoms with E-state index in [-0.39, 0.29) is 0 Å². The summed E-state index contributed by atoms with van der Waals surface area (Å²) in [5.41, 5.74) is 8.02. The molecule has 0 aliphatic heterocycles. The molecule has 1 aromatic carbocycles. The van der Waals surface area contributed by atoms with Crippen molar-refractivity contribution in [1.82, 2.24) is 9.55 Å². The van der Waals surface area contributed by atoms with Gasteiger partial charge in [0.05, 0.1) is 0 Å². The Bertz CT molecular complexity index is 1180. The van der Waals surface area contributed by atoms with Gasteiger partial charge < -0.3 is 14.6 Å². The zero-order valence-corrected chi connectivity index (χ0v) is 31.5. The quantitative estimate of drug-likeness (QED) is 0.150. The number of allylic oxidation sites excluding steroid dienone is 3. The normalized spacial score (nSPS) is 11.7. The van der Waals surface area contributed by atoms with Crippen LogP contribution in [0.5, 0.6) is 0 Å². The standard InChI is InChI=1S/C15H25N.C13H16N2.C7H12.C6H14.CH4O/c1-4-9-14-10-7-8-11-15(14)16(12-5-2)13-6-3;1-4-6-10(2)12-9-15(3)13-11(12)7-5-8-14-13;1-7-5-3-2-4-6-7;1-3-5-6-4-2;1-2/h7-8,10-11H,4-6,9,12-13H2,1-3H3;5,7-9H,2,4,6H2,1,3H3;5H,2-4,6H2,1H3;3-6H2,1-2H3;2H,1H3. The van der Waals surface area contributed by atoms with E-state index in [0.29, 0.717) is 0 Å². The number of anilines is 1. The monoisotopic (exact) mass is 634 g/mol. The number of pyridine rings is 1. The van der Waals surface area contributed by atoms with Gasteiger partial charge in [-0.25, -0.2) is 4.98 Å². The van der Waals surface area contributed by atoms with Crippen LogP contribution in [-0.2, 0) is 13.5 Å². The minimum absolute atomic E-state index is 1.00. The zero-order valence-electron chi connectivity index (χ0n) is 31.5. The van der Waals surface area contributed by atoms with E-state index in [9.17, 15) is 0 Å². The highest BCUT2D eigenvalue weighted by molar-refractivity contribution is 5.90. The molecule has 0 bridgehead atoms. The average molecular weight is 634 g/mol. The van der Waals surface area contributed by atoms with Crippen molar-refractivity contribution in [3.63, 3.8) is 0 Å². The van der Waals surface area contributed by atoms with Crippen molar-refractivity contribution in [3.05, 3.63) is 78.1 Å². The fourth-order valence-electron chi connectivity index (χ4n) is 5.62. The van der Waals surface area contributed by atoms with Crippen molar-refractivity contribution < 1.29 is 5.11 Å². The SMILES string of the molecule is C=C(CCC)c1cn(C)c2ncccc12.CC1=CCCCC1.CCCCCC.CCCc1ccccc1N(CCC)CCC.CO. The number of aryl methyl sites for hydroxylation is 2. The van der Waals surface area contributed by atoms with Gasteiger partial charge >= 0.3 is 0 Å². The fraction of sp³-hybridized carbons (Fsp3) is 0.595. The first-order valence-electron chi connectivity index (χ1n) is 18.4. The highest BCUT2D eigenvalue weighted by atomic mass is 16.2. The van der Waals surface area contributed by atoms with Gasteiger partial charge in [-0.15, -0.1) is 0 Å². The summed E-state index contributed by atoms with van der Waals surface area (Å²) in [4.78, 5) is 6.90. The number of fused-ring (bicyclic) bond motifs is 1. The number of aromatic nitrogens is 2. The molecule has 4 rings (SSSR count). The maximum absolute atomic E-state index is 7.00. The highest BCUT2D eigenvalue weighted by Gasteiger charge is 2.09. The summed E-state index contributed by atoms with van der Waals surface area (Å²) in [7, 11) is 3.03. The van der Waals surface area contributed by atoms with Crippen molar-refractivity contribution in [2.75, 3.05) is 25.1 Å². The Kier molecular flexibility index (Phi) is 26.6. The molecule has 0 fully saturated rings. The van der Waals surface area contributed by atoms with Crippen LogP contribution in [0.4, 0.5) is 5.69 Å². The van der Waals surface area contributed by atoms with E-state index < -0.39 is 0 Å². The predicted octanol–water partition coefficient (Wildman–Crippen LogP) is 12.4. The second kappa shape index (κ2) is 28.4. The van der Waals surface area contributed by atoms with Crippen LogP contribution in [0.15, 0.2) is 67.0 Å². The molecule has 1 aliphatic carbocycles. The van der Waals surface area contributed by atoms with E-state index in [1.54, 1.807) is 5.57 Å². The largest absolute Gasteiger partial charge is 0.400 e. The molecule has 2 aromatic heterocycles. The van der Waals surface area contributed by atoms with Crippen LogP contribution in [0.2, 0.25) is 0 Å². The van der Waals surface area contributed by atoms with Crippen LogP contribution in [0.3, 0.4) is 0 Å². The summed E-state index contributed by atoms with van der Waals surface area (Å²) in [6, 6.07) is 13.0. The van der Waals surface area contributed by atoms with E-state index >= 15 is 0 Å². The molecule has 1 aliphatic rings. The number of aliphatic hydroxyl groups excluding tert-OH is 1. The molecule has 46 heavy (non-hydrogen) atoms. The third kappa shape index (κ3) is 17.2. The zero-order chi connectivity index (χ0) is 34.6. The van der Waals surface area contributed by atoms with Gasteiger partial charge in [0.2, 0.25) is 0 Å². The summed E-state index contributed by atoms with van der Waals surface area (Å²) >= 11 is 0. The van der Waals surface area contributed by atoms with Crippen molar-refractivity contribution in [2.45, 2.75) is 138 Å². The predicted molar refractivity (Wildman–Crippen MR) is 208 cm³/mol. The highest BCUT2D eigenvalue weighted by Crippen LogP contribution is 2.27. The Labute approximate surface area is 285 Å². The molecule has 260 valence electrons. The molecule has 4 heteroatoms. The number of hydrogen-bond donors (Lipinski definition) is 1. The molecule has 3 aromatic rings. The maximum atomic E-state index is 7.00. The summed E-state index contributed by atoms with van der Waals surface area (Å²) in [5, 5.41) is 8.21. The van der Waals surface area contributed by atoms with Gasteiger partial charge in [0.1, 0.15) is 5.65 Å². The van der Waals surface area contributed by atoms with Crippen molar-refractivity contribution in [3.8, 4) is 0 Å². The van der Waals surface area contributed by atoms with E-state index in [2.05, 4.69) is 112 Å². The molecule has 1 N–H and O–H groups in total. The van der Waals surface area contributed by atoms with Crippen LogP contribution in [-0.4, -0.2) is 34.9 Å². The molecule has 0 atom stereocenters. The average Bonchev–Trinajstić information content (AvgIpc) is 3.43. The summed E-state index contributed by atoms with van der Waals surface area (Å²) in [6.07, 6.45) is 24.4. The first kappa shape index (κ1) is 43.1. The summed E-state index contributed by atoms with van der Waals surface area (Å²) < 4.78 is 2.06. The lowest BCUT2D eigenvalue weighted by Crippen LogP contribution is -2.25. The first-order valence-corrected chi connectivity index (χ1v) is 18.4. The molecule has 0 radical (unpaired) electrons. The second-order valence-electron chi connectivity index (χ2n) is 12.3. The Hall–Kier alpha value is -2.85. The second-order valence-corrected chi connectivity index (χ2v) is 12.3. The van der Waals surface area contributed by atoms with Crippen molar-refractivity contribution >= 4 is 22.3 Å². The van der Waals surface area contributed by atoms with E-state index in [0.717, 1.165) is 25.6 Å². The molecule has 0 unspecified atom stereocenters. The molecular weight excluding hydrogens is 562 g/mol. The Morgan fingerprint density at radius 3 is 2.00 bits per heavy atom. The first-order chi connectivity index (χ1) is 22.4. The van der Waals surface area contributed by atoms with Gasteiger partial charge in [0.25, 0.3) is 0 Å². The molecule has 0 amide bonds. The third-order valence-electron chi connectivity index (χ3n) is 7.98. The third-order valence-corrected chi connectivity index (χ3v) is 7.98. The van der Waals surface area contributed by atoms with E-state index in [1.165, 1.54) is 118 Å². The lowest BCUT2D eigenvalue weighted by molar-refractivity contribution is 0.399. The molecular formula is C42H71N3O. The fourth-order valence-corrected chi connectivity index (χ4v) is 5.62. The minimum atomic E-state index is 1.00. The van der Waals surface area contributed by atoms with E-state index in [4.69, 9.17) is 5.11 Å². The molecule has 0 spiro atoms. The van der Waals surface area contributed by atoms with Gasteiger partial charge in [-0.1, -0.05) is 116 Å². The lowest BCUT2D eigenvalue weighted by Gasteiger charge is -2.26. The van der Waals surface area contributed by atoms with Gasteiger partial charge in [-0.05, 0) is 87.6 Å². The lowest BCUT2D eigenvalue weighted by atomic mass is 10.0. The van der Waals surface area contributed by atoms with Gasteiger partial charge in [-0.2, -0.15) is 0 Å². The Morgan fingerprint density at radius 1 is 0.848 bits per heavy atom. The Balaban J connectivity index is 0.000000620. The molecule has 4 nitrogen and oxygen atoms in total. The number of hydrogen-bond acceptors (Lipinski definition) is 3. The minimum Gasteiger partial charge on any atom is -0.400 e. The number of para-hydroxylation sites is 1.